The van der Waals surface area contributed by atoms with Crippen LogP contribution in [-0.2, 0) is 23.9 Å². The van der Waals surface area contributed by atoms with Crippen molar-refractivity contribution in [3.05, 3.63) is 84.5 Å². The average molecular weight is 592 g/mol. The minimum Gasteiger partial charge on any atom is -0.497 e. The van der Waals surface area contributed by atoms with Gasteiger partial charge < -0.3 is 18.9 Å². The highest BCUT2D eigenvalue weighted by molar-refractivity contribution is 7.07. The number of carbonyl (C=O) groups excluding carboxylic acids is 3. The zero-order chi connectivity index (χ0) is 30.1. The van der Waals surface area contributed by atoms with Crippen LogP contribution in [0.4, 0.5) is 5.69 Å². The third-order valence-corrected chi connectivity index (χ3v) is 8.02. The predicted molar refractivity (Wildman–Crippen MR) is 154 cm³/mol. The number of hydrogen-bond donors (Lipinski definition) is 0. The van der Waals surface area contributed by atoms with E-state index in [1.165, 1.54) is 23.7 Å². The first-order chi connectivity index (χ1) is 20.2. The Morgan fingerprint density at radius 3 is 2.43 bits per heavy atom. The number of para-hydroxylation sites is 1. The molecule has 0 saturated carbocycles. The van der Waals surface area contributed by atoms with Crippen molar-refractivity contribution in [1.29, 1.82) is 0 Å². The second kappa shape index (κ2) is 11.6. The number of benzene rings is 2. The van der Waals surface area contributed by atoms with Crippen molar-refractivity contribution in [3.63, 3.8) is 0 Å². The number of esters is 2. The lowest BCUT2D eigenvalue weighted by Crippen LogP contribution is -2.41. The number of fused-ring (bicyclic) bond motifs is 2. The molecule has 12 heteroatoms. The quantitative estimate of drug-likeness (QED) is 0.365. The van der Waals surface area contributed by atoms with E-state index in [1.54, 1.807) is 63.2 Å². The normalized spacial score (nSPS) is 16.9. The summed E-state index contributed by atoms with van der Waals surface area (Å²) in [6.45, 7) is 5.03. The van der Waals surface area contributed by atoms with Crippen molar-refractivity contribution >= 4 is 40.4 Å². The zero-order valence-corrected chi connectivity index (χ0v) is 24.6. The minimum absolute atomic E-state index is 0.119. The Balaban J connectivity index is 1.80. The zero-order valence-electron chi connectivity index (χ0n) is 23.8. The molecule has 218 valence electrons. The molecule has 0 fully saturated rings. The van der Waals surface area contributed by atoms with Gasteiger partial charge in [-0.25, -0.2) is 9.79 Å². The van der Waals surface area contributed by atoms with Crippen molar-refractivity contribution in [1.82, 2.24) is 4.57 Å². The van der Waals surface area contributed by atoms with Gasteiger partial charge in [-0.2, -0.15) is 0 Å². The number of methoxy groups -OCH3 is 2. The van der Waals surface area contributed by atoms with Gasteiger partial charge in [-0.3, -0.25) is 23.9 Å². The number of thiazole rings is 1. The van der Waals surface area contributed by atoms with Crippen molar-refractivity contribution < 1.29 is 33.3 Å². The van der Waals surface area contributed by atoms with E-state index in [0.29, 0.717) is 34.0 Å². The minimum atomic E-state index is -0.984. The lowest BCUT2D eigenvalue weighted by Gasteiger charge is -2.26. The molecule has 2 aliphatic rings. The van der Waals surface area contributed by atoms with E-state index in [-0.39, 0.29) is 40.2 Å². The van der Waals surface area contributed by atoms with Gasteiger partial charge in [-0.05, 0) is 45.0 Å². The van der Waals surface area contributed by atoms with E-state index in [0.717, 1.165) is 11.3 Å². The molecule has 0 saturated heterocycles. The molecule has 1 atom stereocenters. The average Bonchev–Trinajstić information content (AvgIpc) is 3.44. The summed E-state index contributed by atoms with van der Waals surface area (Å²) in [5, 5.41) is 0. The van der Waals surface area contributed by atoms with Gasteiger partial charge in [0.2, 0.25) is 0 Å². The van der Waals surface area contributed by atoms with E-state index < -0.39 is 29.4 Å². The number of nitrogens with zero attached hydrogens (tertiary/aromatic N) is 3. The van der Waals surface area contributed by atoms with Gasteiger partial charge in [0.15, 0.2) is 4.80 Å². The first-order valence-electron chi connectivity index (χ1n) is 13.3. The summed E-state index contributed by atoms with van der Waals surface area (Å²) in [6, 6.07) is 11.0. The first-order valence-corrected chi connectivity index (χ1v) is 14.1. The molecule has 0 aliphatic carbocycles. The number of anilines is 1. The van der Waals surface area contributed by atoms with E-state index in [1.807, 2.05) is 0 Å². The summed E-state index contributed by atoms with van der Waals surface area (Å²) in [7, 11) is 3.00. The largest absolute Gasteiger partial charge is 0.497 e. The maximum Gasteiger partial charge on any atom is 0.338 e. The van der Waals surface area contributed by atoms with Crippen LogP contribution in [0.2, 0.25) is 0 Å². The van der Waals surface area contributed by atoms with E-state index in [2.05, 4.69) is 4.99 Å². The smallest absolute Gasteiger partial charge is 0.338 e. The highest BCUT2D eigenvalue weighted by Gasteiger charge is 2.39. The fourth-order valence-corrected chi connectivity index (χ4v) is 6.32. The van der Waals surface area contributed by atoms with Crippen LogP contribution in [-0.4, -0.2) is 56.4 Å². The van der Waals surface area contributed by atoms with Crippen molar-refractivity contribution in [3.8, 4) is 11.5 Å². The van der Waals surface area contributed by atoms with Gasteiger partial charge in [-0.1, -0.05) is 29.5 Å². The second-order valence-corrected chi connectivity index (χ2v) is 10.3. The summed E-state index contributed by atoms with van der Waals surface area (Å²) >= 11 is 1.04. The molecular formula is C30H29N3O8S. The lowest BCUT2D eigenvalue weighted by molar-refractivity contribution is -0.142. The Morgan fingerprint density at radius 1 is 1.00 bits per heavy atom. The molecule has 2 aromatic carbocycles. The number of hydrogen-bond acceptors (Lipinski definition) is 10. The molecule has 0 N–H and O–H groups in total. The molecule has 42 heavy (non-hydrogen) atoms. The number of amides is 1. The number of carbonyl (C=O) groups is 3. The SMILES string of the molecule is CCOC(=O)CN1C(=O)/C(=c2/sc3n(c2=O)[C@H](c2cc(OC)ccc2OC)C(C(=O)OCC)=C(C)N=3)c2ccccc21. The van der Waals surface area contributed by atoms with Crippen LogP contribution < -0.4 is 29.3 Å². The maximum absolute atomic E-state index is 14.3. The Hall–Kier alpha value is -4.71. The molecule has 1 aromatic heterocycles. The van der Waals surface area contributed by atoms with E-state index in [4.69, 9.17) is 18.9 Å². The second-order valence-electron chi connectivity index (χ2n) is 9.32. The Morgan fingerprint density at radius 2 is 1.74 bits per heavy atom. The highest BCUT2D eigenvalue weighted by Crippen LogP contribution is 2.38. The molecule has 0 spiro atoms. The molecule has 0 bridgehead atoms. The third kappa shape index (κ3) is 4.77. The summed E-state index contributed by atoms with van der Waals surface area (Å²) in [5.74, 6) is -0.800. The topological polar surface area (TPSA) is 126 Å². The predicted octanol–water partition coefficient (Wildman–Crippen LogP) is 2.10. The number of aromatic nitrogens is 1. The third-order valence-electron chi connectivity index (χ3n) is 6.97. The number of rotatable bonds is 8. The molecule has 2 aliphatic heterocycles. The van der Waals surface area contributed by atoms with Gasteiger partial charge >= 0.3 is 11.9 Å². The van der Waals surface area contributed by atoms with Crippen LogP contribution in [0.5, 0.6) is 11.5 Å². The first kappa shape index (κ1) is 28.8. The molecule has 3 heterocycles. The van der Waals surface area contributed by atoms with Gasteiger partial charge in [0.1, 0.15) is 28.6 Å². The van der Waals surface area contributed by atoms with Gasteiger partial charge in [-0.15, -0.1) is 0 Å². The molecule has 3 aromatic rings. The van der Waals surface area contributed by atoms with Gasteiger partial charge in [0.25, 0.3) is 11.5 Å². The van der Waals surface area contributed by atoms with Crippen LogP contribution in [0.3, 0.4) is 0 Å². The molecule has 11 nitrogen and oxygen atoms in total. The van der Waals surface area contributed by atoms with Crippen LogP contribution >= 0.6 is 11.3 Å². The molecule has 5 rings (SSSR count). The summed E-state index contributed by atoms with van der Waals surface area (Å²) < 4.78 is 23.0. The highest BCUT2D eigenvalue weighted by atomic mass is 32.1. The molecule has 0 unspecified atom stereocenters. The summed E-state index contributed by atoms with van der Waals surface area (Å²) in [6.07, 6.45) is 0. The van der Waals surface area contributed by atoms with E-state index in [9.17, 15) is 19.2 Å². The van der Waals surface area contributed by atoms with Gasteiger partial charge in [0.05, 0.1) is 50.0 Å². The fourth-order valence-electron chi connectivity index (χ4n) is 5.18. The van der Waals surface area contributed by atoms with Crippen LogP contribution in [0.15, 0.2) is 63.5 Å². The molecular weight excluding hydrogens is 562 g/mol. The lowest BCUT2D eigenvalue weighted by atomic mass is 9.94. The fraction of sp³-hybridized carbons (Fsp3) is 0.300. The summed E-state index contributed by atoms with van der Waals surface area (Å²) in [4.78, 5) is 60.0. The van der Waals surface area contributed by atoms with Crippen molar-refractivity contribution in [2.45, 2.75) is 26.8 Å². The van der Waals surface area contributed by atoms with Crippen molar-refractivity contribution in [2.75, 3.05) is 38.9 Å². The van der Waals surface area contributed by atoms with Crippen LogP contribution in [0.25, 0.3) is 5.57 Å². The monoisotopic (exact) mass is 591 g/mol. The summed E-state index contributed by atoms with van der Waals surface area (Å²) in [5.41, 5.74) is 1.62. The van der Waals surface area contributed by atoms with Crippen LogP contribution in [0, 0.1) is 0 Å². The molecule has 0 radical (unpaired) electrons. The Kier molecular flexibility index (Phi) is 7.99. The maximum atomic E-state index is 14.3. The Bertz CT molecular complexity index is 1820. The molecule has 1 amide bonds. The Labute approximate surface area is 244 Å². The van der Waals surface area contributed by atoms with Crippen LogP contribution in [0.1, 0.15) is 37.9 Å². The van der Waals surface area contributed by atoms with Crippen molar-refractivity contribution in [2.24, 2.45) is 4.99 Å². The van der Waals surface area contributed by atoms with E-state index >= 15 is 0 Å². The van der Waals surface area contributed by atoms with Gasteiger partial charge in [0, 0.05) is 11.1 Å². The standard InChI is InChI=1S/C30H29N3O8S/c1-6-40-22(34)15-32-20-11-9-8-10-18(20)24(27(32)35)26-28(36)33-25(19-14-17(38-4)12-13-21(19)39-5)23(29(37)41-7-2)16(3)31-30(33)42-26/h8-14,25H,6-7,15H2,1-5H3/b26-24+/t25-/m1/s1. The number of allylic oxidation sites excluding steroid dienone is 1. The number of ether oxygens (including phenoxy) is 4.